The molecule has 0 fully saturated rings. The highest BCUT2D eigenvalue weighted by molar-refractivity contribution is 6.05. The van der Waals surface area contributed by atoms with E-state index in [9.17, 15) is 23.1 Å². The summed E-state index contributed by atoms with van der Waals surface area (Å²) in [5, 5.41) is 10.2. The molecule has 0 saturated carbocycles. The summed E-state index contributed by atoms with van der Waals surface area (Å²) < 4.78 is 38.0. The lowest BCUT2D eigenvalue weighted by Crippen LogP contribution is -2.36. The van der Waals surface area contributed by atoms with Gasteiger partial charge in [-0.3, -0.25) is 4.79 Å². The molecule has 0 aliphatic carbocycles. The molecule has 132 valence electrons. The van der Waals surface area contributed by atoms with Gasteiger partial charge >= 0.3 is 6.18 Å². The van der Waals surface area contributed by atoms with Gasteiger partial charge in [-0.05, 0) is 43.5 Å². The Morgan fingerprint density at radius 3 is 2.33 bits per heavy atom. The summed E-state index contributed by atoms with van der Waals surface area (Å²) in [7, 11) is 0. The van der Waals surface area contributed by atoms with Crippen molar-refractivity contribution < 1.29 is 23.1 Å². The zero-order valence-electron chi connectivity index (χ0n) is 13.4. The van der Waals surface area contributed by atoms with Crippen molar-refractivity contribution in [3.8, 4) is 0 Å². The Bertz CT molecular complexity index is 624. The van der Waals surface area contributed by atoms with E-state index in [2.05, 4.69) is 0 Å². The van der Waals surface area contributed by atoms with E-state index in [-0.39, 0.29) is 11.8 Å². The number of halogens is 3. The Morgan fingerprint density at radius 2 is 1.83 bits per heavy atom. The third-order valence-corrected chi connectivity index (χ3v) is 4.19. The molecule has 24 heavy (non-hydrogen) atoms. The van der Waals surface area contributed by atoms with Crippen LogP contribution in [0.2, 0.25) is 0 Å². The van der Waals surface area contributed by atoms with E-state index in [1.807, 2.05) is 6.92 Å². The van der Waals surface area contributed by atoms with Gasteiger partial charge in [0, 0.05) is 12.1 Å². The number of aliphatic hydroxyl groups excluding tert-OH is 1. The van der Waals surface area contributed by atoms with Crippen LogP contribution in [0.5, 0.6) is 0 Å². The predicted octanol–water partition coefficient (Wildman–Crippen LogP) is 3.33. The van der Waals surface area contributed by atoms with Crippen molar-refractivity contribution in [2.75, 3.05) is 13.1 Å². The van der Waals surface area contributed by atoms with E-state index in [0.29, 0.717) is 37.1 Å². The van der Waals surface area contributed by atoms with Crippen LogP contribution in [0.25, 0.3) is 5.57 Å². The molecule has 1 aliphatic heterocycles. The quantitative estimate of drug-likeness (QED) is 0.779. The van der Waals surface area contributed by atoms with Crippen molar-refractivity contribution in [3.63, 3.8) is 0 Å². The van der Waals surface area contributed by atoms with Crippen LogP contribution in [0.15, 0.2) is 30.0 Å². The molecule has 0 radical (unpaired) electrons. The summed E-state index contributed by atoms with van der Waals surface area (Å²) in [4.78, 5) is 13.9. The van der Waals surface area contributed by atoms with E-state index >= 15 is 0 Å². The second-order valence-corrected chi connectivity index (χ2v) is 5.76. The van der Waals surface area contributed by atoms with Crippen LogP contribution in [0.3, 0.4) is 0 Å². The Morgan fingerprint density at radius 1 is 1.21 bits per heavy atom. The van der Waals surface area contributed by atoms with Crippen molar-refractivity contribution in [1.82, 2.24) is 4.90 Å². The third kappa shape index (κ3) is 3.56. The summed E-state index contributed by atoms with van der Waals surface area (Å²) in [6, 6.07) is 4.18. The van der Waals surface area contributed by atoms with Gasteiger partial charge in [0.05, 0.1) is 11.6 Å². The number of benzene rings is 1. The standard InChI is InChI=1S/C17H21F3N2O2/c1-2-13-14(11-5-7-12(8-6-11)17(18,19)20)15(23)16(24)22(13)10-4-3-9-21/h5-8,13,23H,2-4,9-10,21H2,1H3. The number of amides is 1. The summed E-state index contributed by atoms with van der Waals surface area (Å²) in [6.45, 7) is 2.85. The zero-order chi connectivity index (χ0) is 17.9. The van der Waals surface area contributed by atoms with Gasteiger partial charge in [-0.2, -0.15) is 13.2 Å². The van der Waals surface area contributed by atoms with Gasteiger partial charge in [-0.15, -0.1) is 0 Å². The molecule has 0 spiro atoms. The lowest BCUT2D eigenvalue weighted by atomic mass is 9.96. The minimum absolute atomic E-state index is 0.341. The van der Waals surface area contributed by atoms with Crippen LogP contribution in [-0.2, 0) is 11.0 Å². The minimum Gasteiger partial charge on any atom is -0.503 e. The van der Waals surface area contributed by atoms with Crippen LogP contribution in [0.4, 0.5) is 13.2 Å². The smallest absolute Gasteiger partial charge is 0.416 e. The fourth-order valence-corrected chi connectivity index (χ4v) is 2.98. The van der Waals surface area contributed by atoms with Gasteiger partial charge in [0.25, 0.3) is 5.91 Å². The van der Waals surface area contributed by atoms with Crippen LogP contribution >= 0.6 is 0 Å². The van der Waals surface area contributed by atoms with Crippen LogP contribution < -0.4 is 5.73 Å². The zero-order valence-corrected chi connectivity index (χ0v) is 13.4. The molecule has 1 atom stereocenters. The first-order valence-electron chi connectivity index (χ1n) is 7.93. The number of aliphatic hydroxyl groups is 1. The van der Waals surface area contributed by atoms with E-state index in [1.165, 1.54) is 12.1 Å². The van der Waals surface area contributed by atoms with Gasteiger partial charge in [0.1, 0.15) is 0 Å². The molecule has 0 saturated heterocycles. The Kier molecular flexibility index (Phi) is 5.54. The van der Waals surface area contributed by atoms with E-state index in [4.69, 9.17) is 5.73 Å². The maximum atomic E-state index is 12.7. The predicted molar refractivity (Wildman–Crippen MR) is 85.1 cm³/mol. The highest BCUT2D eigenvalue weighted by atomic mass is 19.4. The number of carbonyl (C=O) groups excluding carboxylic acids is 1. The molecule has 4 nitrogen and oxygen atoms in total. The first-order valence-corrected chi connectivity index (χ1v) is 7.93. The van der Waals surface area contributed by atoms with Crippen LogP contribution in [-0.4, -0.2) is 35.0 Å². The van der Waals surface area contributed by atoms with Crippen molar-refractivity contribution in [2.24, 2.45) is 5.73 Å². The number of unbranched alkanes of at least 4 members (excludes halogenated alkanes) is 1. The Labute approximate surface area is 138 Å². The fourth-order valence-electron chi connectivity index (χ4n) is 2.98. The highest BCUT2D eigenvalue weighted by Crippen LogP contribution is 2.36. The molecular formula is C17H21F3N2O2. The summed E-state index contributed by atoms with van der Waals surface area (Å²) in [5.41, 5.74) is 5.52. The lowest BCUT2D eigenvalue weighted by molar-refractivity contribution is -0.137. The van der Waals surface area contributed by atoms with Crippen LogP contribution in [0, 0.1) is 0 Å². The lowest BCUT2D eigenvalue weighted by Gasteiger charge is -2.26. The molecule has 1 aliphatic rings. The largest absolute Gasteiger partial charge is 0.503 e. The number of hydrogen-bond donors (Lipinski definition) is 2. The fraction of sp³-hybridized carbons (Fsp3) is 0.471. The molecule has 1 aromatic carbocycles. The maximum absolute atomic E-state index is 12.7. The first-order chi connectivity index (χ1) is 11.3. The van der Waals surface area contributed by atoms with Crippen LogP contribution in [0.1, 0.15) is 37.3 Å². The number of carbonyl (C=O) groups is 1. The third-order valence-electron chi connectivity index (χ3n) is 4.19. The van der Waals surface area contributed by atoms with Crippen molar-refractivity contribution in [1.29, 1.82) is 0 Å². The second-order valence-electron chi connectivity index (χ2n) is 5.76. The van der Waals surface area contributed by atoms with E-state index < -0.39 is 17.6 Å². The minimum atomic E-state index is -4.42. The molecule has 1 aromatic rings. The SMILES string of the molecule is CCC1C(c2ccc(C(F)(F)F)cc2)=C(O)C(=O)N1CCCCN. The van der Waals surface area contributed by atoms with Gasteiger partial charge in [0.15, 0.2) is 5.76 Å². The topological polar surface area (TPSA) is 66.6 Å². The van der Waals surface area contributed by atoms with Crippen molar-refractivity contribution >= 4 is 11.5 Å². The summed E-state index contributed by atoms with van der Waals surface area (Å²) >= 11 is 0. The normalized spacial score (nSPS) is 18.6. The Balaban J connectivity index is 2.29. The molecule has 3 N–H and O–H groups in total. The number of nitrogens with zero attached hydrogens (tertiary/aromatic N) is 1. The molecule has 1 unspecified atom stereocenters. The summed E-state index contributed by atoms with van der Waals surface area (Å²) in [6.07, 6.45) is -2.38. The Hall–Kier alpha value is -2.02. The molecule has 7 heteroatoms. The van der Waals surface area contributed by atoms with Crippen molar-refractivity contribution in [3.05, 3.63) is 41.2 Å². The van der Waals surface area contributed by atoms with Crippen molar-refractivity contribution in [2.45, 2.75) is 38.4 Å². The van der Waals surface area contributed by atoms with E-state index in [0.717, 1.165) is 18.6 Å². The summed E-state index contributed by atoms with van der Waals surface area (Å²) in [5.74, 6) is -0.858. The van der Waals surface area contributed by atoms with Gasteiger partial charge in [0.2, 0.25) is 0 Å². The second kappa shape index (κ2) is 7.25. The molecular weight excluding hydrogens is 321 g/mol. The number of rotatable bonds is 6. The number of alkyl halides is 3. The first kappa shape index (κ1) is 18.3. The maximum Gasteiger partial charge on any atom is 0.416 e. The van der Waals surface area contributed by atoms with Gasteiger partial charge in [-0.1, -0.05) is 19.1 Å². The average Bonchev–Trinajstić information content (AvgIpc) is 2.78. The number of hydrogen-bond acceptors (Lipinski definition) is 3. The molecule has 2 rings (SSSR count). The number of nitrogens with two attached hydrogens (primary N) is 1. The molecule has 0 bridgehead atoms. The molecule has 0 aromatic heterocycles. The van der Waals surface area contributed by atoms with E-state index in [1.54, 1.807) is 4.90 Å². The average molecular weight is 342 g/mol. The molecule has 1 heterocycles. The van der Waals surface area contributed by atoms with Gasteiger partial charge < -0.3 is 15.7 Å². The highest BCUT2D eigenvalue weighted by Gasteiger charge is 2.39. The monoisotopic (exact) mass is 342 g/mol. The van der Waals surface area contributed by atoms with Gasteiger partial charge in [-0.25, -0.2) is 0 Å². The molecule has 1 amide bonds.